The van der Waals surface area contributed by atoms with Gasteiger partial charge in [-0.25, -0.2) is 4.79 Å². The number of hydrogen-bond acceptors (Lipinski definition) is 3. The van der Waals surface area contributed by atoms with Crippen LogP contribution in [0.1, 0.15) is 12.5 Å². The fourth-order valence-electron chi connectivity index (χ4n) is 1.31. The number of nitrogens with one attached hydrogen (secondary N) is 1. The third kappa shape index (κ3) is 5.72. The molecule has 0 heterocycles. The fourth-order valence-corrected chi connectivity index (χ4v) is 1.31. The van der Waals surface area contributed by atoms with Gasteiger partial charge in [0, 0.05) is 13.3 Å². The predicted octanol–water partition coefficient (Wildman–Crippen LogP) is -0.125. The number of amides is 1. The summed E-state index contributed by atoms with van der Waals surface area (Å²) in [6.45, 7) is 1.27. The van der Waals surface area contributed by atoms with Gasteiger partial charge in [-0.15, -0.1) is 0 Å². The van der Waals surface area contributed by atoms with E-state index < -0.39 is 12.0 Å². The fraction of sp³-hybridized carbons (Fsp3) is 0.273. The molecule has 0 unspecified atom stereocenters. The third-order valence-corrected chi connectivity index (χ3v) is 2.05. The normalized spacial score (nSPS) is 11.1. The van der Waals surface area contributed by atoms with Crippen molar-refractivity contribution in [3.8, 4) is 5.75 Å². The predicted molar refractivity (Wildman–Crippen MR) is 64.2 cm³/mol. The van der Waals surface area contributed by atoms with Crippen LogP contribution in [0, 0.1) is 0 Å². The van der Waals surface area contributed by atoms with E-state index in [0.717, 1.165) is 5.56 Å². The van der Waals surface area contributed by atoms with Crippen LogP contribution in [0.5, 0.6) is 5.75 Å². The standard InChI is InChI=1S/C11H13NO4.Na.H/c1-7(13)12-10(11(15)16)6-8-2-4-9(14)5-3-8;;/h2-5,10,14H,6H2,1H3,(H,12,13)(H,15,16);;/t10-;;/m0../s1. The second-order valence-electron chi connectivity index (χ2n) is 3.46. The van der Waals surface area contributed by atoms with Crippen molar-refractivity contribution in [1.82, 2.24) is 5.32 Å². The van der Waals surface area contributed by atoms with E-state index in [9.17, 15) is 9.59 Å². The minimum atomic E-state index is -1.08. The molecule has 6 heteroatoms. The van der Waals surface area contributed by atoms with Gasteiger partial charge in [-0.2, -0.15) is 0 Å². The van der Waals surface area contributed by atoms with E-state index in [1.54, 1.807) is 12.1 Å². The molecule has 1 aromatic rings. The zero-order valence-electron chi connectivity index (χ0n) is 8.80. The summed E-state index contributed by atoms with van der Waals surface area (Å²) in [5.74, 6) is -1.34. The Hall–Kier alpha value is -1.04. The molecule has 0 spiro atoms. The zero-order chi connectivity index (χ0) is 12.1. The van der Waals surface area contributed by atoms with E-state index in [1.165, 1.54) is 19.1 Å². The quantitative estimate of drug-likeness (QED) is 0.647. The molecule has 0 aliphatic heterocycles. The maximum atomic E-state index is 10.8. The van der Waals surface area contributed by atoms with E-state index in [4.69, 9.17) is 10.2 Å². The number of carboxylic acids is 1. The zero-order valence-corrected chi connectivity index (χ0v) is 8.80. The van der Waals surface area contributed by atoms with Crippen molar-refractivity contribution in [3.63, 3.8) is 0 Å². The SMILES string of the molecule is CC(=O)N[C@@H](Cc1ccc(O)cc1)C(=O)O.[NaH]. The molecule has 5 nitrogen and oxygen atoms in total. The van der Waals surface area contributed by atoms with E-state index in [0.29, 0.717) is 0 Å². The number of aliphatic carboxylic acids is 1. The summed E-state index contributed by atoms with van der Waals surface area (Å²) in [5, 5.41) is 20.3. The van der Waals surface area contributed by atoms with Gasteiger partial charge in [0.25, 0.3) is 0 Å². The monoisotopic (exact) mass is 247 g/mol. The van der Waals surface area contributed by atoms with Crippen molar-refractivity contribution < 1.29 is 19.8 Å². The van der Waals surface area contributed by atoms with Gasteiger partial charge in [-0.3, -0.25) is 4.79 Å². The van der Waals surface area contributed by atoms with Crippen LogP contribution in [-0.2, 0) is 16.0 Å². The molecule has 0 fully saturated rings. The van der Waals surface area contributed by atoms with E-state index in [2.05, 4.69) is 5.32 Å². The van der Waals surface area contributed by atoms with Crippen LogP contribution in [0.15, 0.2) is 24.3 Å². The first-order valence-electron chi connectivity index (χ1n) is 4.77. The molecule has 88 valence electrons. The van der Waals surface area contributed by atoms with Crippen molar-refractivity contribution in [3.05, 3.63) is 29.8 Å². The summed E-state index contributed by atoms with van der Waals surface area (Å²) in [6.07, 6.45) is 0.190. The molecule has 0 aliphatic rings. The van der Waals surface area contributed by atoms with E-state index in [1.807, 2.05) is 0 Å². The first kappa shape index (κ1) is 16.0. The number of carbonyl (C=O) groups excluding carboxylic acids is 1. The number of phenolic OH excluding ortho intramolecular Hbond substituents is 1. The van der Waals surface area contributed by atoms with Crippen LogP contribution in [0.3, 0.4) is 0 Å². The molecular weight excluding hydrogens is 233 g/mol. The second-order valence-corrected chi connectivity index (χ2v) is 3.46. The summed E-state index contributed by atoms with van der Waals surface area (Å²) >= 11 is 0. The number of rotatable bonds is 4. The van der Waals surface area contributed by atoms with Gasteiger partial charge in [0.05, 0.1) is 0 Å². The van der Waals surface area contributed by atoms with Crippen LogP contribution >= 0.6 is 0 Å². The van der Waals surface area contributed by atoms with Gasteiger partial charge in [-0.05, 0) is 17.7 Å². The molecule has 17 heavy (non-hydrogen) atoms. The maximum absolute atomic E-state index is 10.8. The number of carbonyl (C=O) groups is 2. The number of phenols is 1. The van der Waals surface area contributed by atoms with Crippen LogP contribution in [-0.4, -0.2) is 57.7 Å². The molecule has 3 N–H and O–H groups in total. The van der Waals surface area contributed by atoms with E-state index in [-0.39, 0.29) is 47.6 Å². The Labute approximate surface area is 121 Å². The van der Waals surface area contributed by atoms with Crippen molar-refractivity contribution in [2.24, 2.45) is 0 Å². The minimum absolute atomic E-state index is 0. The molecule has 0 aliphatic carbocycles. The average Bonchev–Trinajstić information content (AvgIpc) is 2.19. The number of benzene rings is 1. The molecule has 0 radical (unpaired) electrons. The molecule has 1 atom stereocenters. The average molecular weight is 247 g/mol. The summed E-state index contributed by atoms with van der Waals surface area (Å²) in [4.78, 5) is 21.6. The van der Waals surface area contributed by atoms with Crippen molar-refractivity contribution in [1.29, 1.82) is 0 Å². The Balaban J connectivity index is 0.00000256. The molecule has 0 aromatic heterocycles. The molecule has 0 saturated heterocycles. The van der Waals surface area contributed by atoms with Gasteiger partial charge in [-0.1, -0.05) is 12.1 Å². The molecule has 1 aromatic carbocycles. The molecule has 1 rings (SSSR count). The van der Waals surface area contributed by atoms with Gasteiger partial charge in [0.1, 0.15) is 11.8 Å². The van der Waals surface area contributed by atoms with Crippen LogP contribution < -0.4 is 5.32 Å². The van der Waals surface area contributed by atoms with Crippen LogP contribution in [0.2, 0.25) is 0 Å². The molecule has 1 amide bonds. The Morgan fingerprint density at radius 1 is 1.29 bits per heavy atom. The topological polar surface area (TPSA) is 86.6 Å². The number of aromatic hydroxyl groups is 1. The van der Waals surface area contributed by atoms with Crippen molar-refractivity contribution in [2.75, 3.05) is 0 Å². The second kappa shape index (κ2) is 7.32. The van der Waals surface area contributed by atoms with E-state index >= 15 is 0 Å². The molecular formula is C11H14NNaO4. The van der Waals surface area contributed by atoms with Gasteiger partial charge < -0.3 is 15.5 Å². The van der Waals surface area contributed by atoms with Crippen molar-refractivity contribution >= 4 is 41.4 Å². The molecule has 0 saturated carbocycles. The summed E-state index contributed by atoms with van der Waals surface area (Å²) in [5.41, 5.74) is 0.735. The van der Waals surface area contributed by atoms with Gasteiger partial charge in [0.2, 0.25) is 5.91 Å². The Bertz CT molecular complexity index is 391. The van der Waals surface area contributed by atoms with Crippen LogP contribution in [0.25, 0.3) is 0 Å². The number of carboxylic acid groups (broad SMARTS) is 1. The number of hydrogen-bond donors (Lipinski definition) is 3. The summed E-state index contributed by atoms with van der Waals surface area (Å²) in [6, 6.07) is 5.24. The molecule has 0 bridgehead atoms. The Kier molecular flexibility index (Phi) is 6.87. The summed E-state index contributed by atoms with van der Waals surface area (Å²) < 4.78 is 0. The van der Waals surface area contributed by atoms with Gasteiger partial charge in [0.15, 0.2) is 0 Å². The first-order valence-corrected chi connectivity index (χ1v) is 4.77. The third-order valence-electron chi connectivity index (χ3n) is 2.05. The van der Waals surface area contributed by atoms with Crippen LogP contribution in [0.4, 0.5) is 0 Å². The van der Waals surface area contributed by atoms with Crippen molar-refractivity contribution in [2.45, 2.75) is 19.4 Å². The summed E-state index contributed by atoms with van der Waals surface area (Å²) in [7, 11) is 0. The first-order chi connectivity index (χ1) is 7.49. The van der Waals surface area contributed by atoms with Gasteiger partial charge >= 0.3 is 35.5 Å². The Morgan fingerprint density at radius 2 is 1.82 bits per heavy atom. The Morgan fingerprint density at radius 3 is 2.24 bits per heavy atom.